The Labute approximate surface area is 208 Å². The van der Waals surface area contributed by atoms with E-state index >= 15 is 0 Å². The molecule has 3 aromatic heterocycles. The van der Waals surface area contributed by atoms with Crippen LogP contribution in [0.5, 0.6) is 0 Å². The predicted octanol–water partition coefficient (Wildman–Crippen LogP) is 3.35. The molecule has 0 aliphatic carbocycles. The highest BCUT2D eigenvalue weighted by atomic mass is 32.1. The molecule has 9 nitrogen and oxygen atoms in total. The van der Waals surface area contributed by atoms with E-state index in [2.05, 4.69) is 30.4 Å². The fourth-order valence-electron chi connectivity index (χ4n) is 5.91. The fourth-order valence-corrected chi connectivity index (χ4v) is 6.59. The summed E-state index contributed by atoms with van der Waals surface area (Å²) in [5.41, 5.74) is 0.854. The zero-order chi connectivity index (χ0) is 23.8. The molecule has 3 N–H and O–H groups in total. The van der Waals surface area contributed by atoms with Crippen molar-refractivity contribution in [3.8, 4) is 0 Å². The van der Waals surface area contributed by atoms with Crippen LogP contribution in [0, 0.1) is 0 Å². The summed E-state index contributed by atoms with van der Waals surface area (Å²) in [4.78, 5) is 32.2. The second kappa shape index (κ2) is 9.67. The van der Waals surface area contributed by atoms with Crippen molar-refractivity contribution in [2.45, 2.75) is 63.3 Å². The van der Waals surface area contributed by atoms with Gasteiger partial charge in [0.2, 0.25) is 5.91 Å². The first-order chi connectivity index (χ1) is 17.2. The summed E-state index contributed by atoms with van der Waals surface area (Å²) in [7, 11) is 0. The average Bonchev–Trinajstić information content (AvgIpc) is 3.59. The number of fused-ring (bicyclic) bond motifs is 3. The van der Waals surface area contributed by atoms with E-state index in [1.807, 2.05) is 18.2 Å². The first-order valence-corrected chi connectivity index (χ1v) is 13.4. The number of amides is 1. The third-order valence-electron chi connectivity index (χ3n) is 7.46. The number of likely N-dealkylation sites (tertiary alicyclic amines) is 1. The second-order valence-electron chi connectivity index (χ2n) is 9.82. The van der Waals surface area contributed by atoms with Gasteiger partial charge < -0.3 is 20.6 Å². The number of nitrogens with one attached hydrogen (secondary N) is 2. The Hall–Kier alpha value is -2.82. The standard InChI is InChI=1S/C25H31N7O2S/c33-15-19-13-27-25(35-19)30-22-12-21-20(4-3-7-26-21)24(29-22)28-16-10-17-5-6-18(11-16)32(17)23(34)14-31-8-1-2-9-31/h3-4,7,12-13,16-18,33H,1-2,5-6,8-11,14-15H2,(H2,27,28,29,30)/t16-,17-,18+. The molecule has 184 valence electrons. The third-order valence-corrected chi connectivity index (χ3v) is 8.36. The number of anilines is 3. The number of hydrogen-bond donors (Lipinski definition) is 3. The Morgan fingerprint density at radius 3 is 2.71 bits per heavy atom. The van der Waals surface area contributed by atoms with Gasteiger partial charge in [-0.3, -0.25) is 14.7 Å². The highest BCUT2D eigenvalue weighted by Gasteiger charge is 2.43. The molecule has 3 aromatic rings. The van der Waals surface area contributed by atoms with Crippen LogP contribution in [0.15, 0.2) is 30.6 Å². The Balaban J connectivity index is 1.19. The second-order valence-corrected chi connectivity index (χ2v) is 10.9. The van der Waals surface area contributed by atoms with E-state index < -0.39 is 0 Å². The zero-order valence-corrected chi connectivity index (χ0v) is 20.5. The van der Waals surface area contributed by atoms with Crippen LogP contribution >= 0.6 is 11.3 Å². The number of thiazole rings is 1. The molecule has 1 amide bonds. The molecular weight excluding hydrogens is 462 g/mol. The number of rotatable bonds is 7. The molecular formula is C25H31N7O2S. The Morgan fingerprint density at radius 1 is 1.17 bits per heavy atom. The smallest absolute Gasteiger partial charge is 0.237 e. The van der Waals surface area contributed by atoms with E-state index in [0.29, 0.717) is 35.5 Å². The number of aliphatic hydroxyl groups is 1. The maximum absolute atomic E-state index is 13.1. The van der Waals surface area contributed by atoms with Crippen molar-refractivity contribution in [1.29, 1.82) is 0 Å². The van der Waals surface area contributed by atoms with Gasteiger partial charge in [-0.05, 0) is 63.7 Å². The van der Waals surface area contributed by atoms with Crippen LogP contribution in [0.3, 0.4) is 0 Å². The number of nitrogens with zero attached hydrogens (tertiary/aromatic N) is 5. The number of aromatic nitrogens is 3. The molecule has 2 bridgehead atoms. The van der Waals surface area contributed by atoms with Crippen LogP contribution in [-0.4, -0.2) is 73.5 Å². The maximum atomic E-state index is 13.1. The van der Waals surface area contributed by atoms with E-state index in [9.17, 15) is 9.90 Å². The van der Waals surface area contributed by atoms with Gasteiger partial charge in [0.15, 0.2) is 5.13 Å². The van der Waals surface area contributed by atoms with Gasteiger partial charge in [0, 0.05) is 42.0 Å². The SMILES string of the molecule is O=C(CN1CCCC1)N1[C@@H]2CC[C@H]1C[C@H](Nc1nc(Nc3ncc(CO)s3)cc3ncccc13)C2. The maximum Gasteiger partial charge on any atom is 0.237 e. The Kier molecular flexibility index (Phi) is 6.26. The van der Waals surface area contributed by atoms with Gasteiger partial charge in [-0.15, -0.1) is 0 Å². The molecule has 0 unspecified atom stereocenters. The Morgan fingerprint density at radius 2 is 1.97 bits per heavy atom. The summed E-state index contributed by atoms with van der Waals surface area (Å²) in [5.74, 6) is 1.78. The van der Waals surface area contributed by atoms with Crippen LogP contribution in [0.2, 0.25) is 0 Å². The average molecular weight is 494 g/mol. The van der Waals surface area contributed by atoms with Gasteiger partial charge in [-0.1, -0.05) is 11.3 Å². The summed E-state index contributed by atoms with van der Waals surface area (Å²) >= 11 is 1.40. The van der Waals surface area contributed by atoms with Gasteiger partial charge in [0.25, 0.3) is 0 Å². The van der Waals surface area contributed by atoms with Crippen molar-refractivity contribution >= 4 is 44.9 Å². The highest BCUT2D eigenvalue weighted by Crippen LogP contribution is 2.38. The van der Waals surface area contributed by atoms with Gasteiger partial charge >= 0.3 is 0 Å². The molecule has 3 fully saturated rings. The van der Waals surface area contributed by atoms with Crippen molar-refractivity contribution in [1.82, 2.24) is 24.8 Å². The predicted molar refractivity (Wildman–Crippen MR) is 137 cm³/mol. The summed E-state index contributed by atoms with van der Waals surface area (Å²) in [6, 6.07) is 6.76. The summed E-state index contributed by atoms with van der Waals surface area (Å²) in [6.45, 7) is 2.66. The monoisotopic (exact) mass is 493 g/mol. The summed E-state index contributed by atoms with van der Waals surface area (Å²) < 4.78 is 0. The molecule has 6 heterocycles. The van der Waals surface area contributed by atoms with Crippen LogP contribution in [0.25, 0.3) is 10.9 Å². The summed E-state index contributed by atoms with van der Waals surface area (Å²) in [5, 5.41) is 18.0. The third kappa shape index (κ3) is 4.70. The number of aliphatic hydroxyl groups excluding tert-OH is 1. The van der Waals surface area contributed by atoms with E-state index in [0.717, 1.165) is 60.4 Å². The van der Waals surface area contributed by atoms with Gasteiger partial charge in [0.05, 0.1) is 23.5 Å². The van der Waals surface area contributed by atoms with Crippen molar-refractivity contribution in [2.24, 2.45) is 0 Å². The minimum absolute atomic E-state index is 0.0274. The lowest BCUT2D eigenvalue weighted by Gasteiger charge is -2.40. The number of hydrogen-bond acceptors (Lipinski definition) is 9. The first-order valence-electron chi connectivity index (χ1n) is 12.5. The van der Waals surface area contributed by atoms with E-state index in [1.165, 1.54) is 24.2 Å². The first kappa shape index (κ1) is 22.6. The fraction of sp³-hybridized carbons (Fsp3) is 0.520. The van der Waals surface area contributed by atoms with E-state index in [4.69, 9.17) is 4.98 Å². The number of piperidine rings is 1. The molecule has 6 rings (SSSR count). The van der Waals surface area contributed by atoms with Crippen LogP contribution in [0.4, 0.5) is 16.8 Å². The number of carbonyl (C=O) groups is 1. The van der Waals surface area contributed by atoms with Crippen molar-refractivity contribution in [2.75, 3.05) is 30.3 Å². The molecule has 3 atom stereocenters. The van der Waals surface area contributed by atoms with Crippen molar-refractivity contribution in [3.05, 3.63) is 35.5 Å². The molecule has 10 heteroatoms. The zero-order valence-electron chi connectivity index (χ0n) is 19.7. The molecule has 35 heavy (non-hydrogen) atoms. The van der Waals surface area contributed by atoms with Crippen LogP contribution in [-0.2, 0) is 11.4 Å². The van der Waals surface area contributed by atoms with E-state index in [-0.39, 0.29) is 12.6 Å². The van der Waals surface area contributed by atoms with Gasteiger partial charge in [-0.2, -0.15) is 0 Å². The molecule has 3 aliphatic heterocycles. The van der Waals surface area contributed by atoms with Crippen LogP contribution < -0.4 is 10.6 Å². The lowest BCUT2D eigenvalue weighted by atomic mass is 9.97. The largest absolute Gasteiger partial charge is 0.391 e. The lowest BCUT2D eigenvalue weighted by Crippen LogP contribution is -2.52. The van der Waals surface area contributed by atoms with Crippen molar-refractivity contribution in [3.63, 3.8) is 0 Å². The van der Waals surface area contributed by atoms with Crippen LogP contribution in [0.1, 0.15) is 43.4 Å². The number of pyridine rings is 2. The Bertz CT molecular complexity index is 1200. The van der Waals surface area contributed by atoms with Gasteiger partial charge in [0.1, 0.15) is 11.6 Å². The minimum Gasteiger partial charge on any atom is -0.391 e. The van der Waals surface area contributed by atoms with Gasteiger partial charge in [-0.25, -0.2) is 9.97 Å². The number of carbonyl (C=O) groups excluding carboxylic acids is 1. The van der Waals surface area contributed by atoms with Crippen molar-refractivity contribution < 1.29 is 9.90 Å². The molecule has 3 aliphatic rings. The topological polar surface area (TPSA) is 107 Å². The summed E-state index contributed by atoms with van der Waals surface area (Å²) in [6.07, 6.45) is 9.92. The minimum atomic E-state index is -0.0274. The molecule has 0 radical (unpaired) electrons. The molecule has 0 saturated carbocycles. The normalized spacial score (nSPS) is 24.3. The molecule has 3 saturated heterocycles. The highest BCUT2D eigenvalue weighted by molar-refractivity contribution is 7.15. The molecule has 0 spiro atoms. The molecule has 0 aromatic carbocycles. The quantitative estimate of drug-likeness (QED) is 0.460. The lowest BCUT2D eigenvalue weighted by molar-refractivity contribution is -0.136. The van der Waals surface area contributed by atoms with E-state index in [1.54, 1.807) is 12.4 Å².